The van der Waals surface area contributed by atoms with E-state index in [1.807, 2.05) is 0 Å². The predicted molar refractivity (Wildman–Crippen MR) is 72.6 cm³/mol. The summed E-state index contributed by atoms with van der Waals surface area (Å²) in [4.78, 5) is 19.1. The van der Waals surface area contributed by atoms with Gasteiger partial charge in [0, 0.05) is 12.4 Å². The Labute approximate surface area is 124 Å². The third kappa shape index (κ3) is 3.72. The number of nitrogens with zero attached hydrogens (tertiary/aromatic N) is 2. The molecule has 1 N–H and O–H groups in total. The number of ether oxygens (including phenoxy) is 1. The van der Waals surface area contributed by atoms with Crippen LogP contribution in [-0.4, -0.2) is 22.5 Å². The molecule has 0 aliphatic carbocycles. The highest BCUT2D eigenvalue weighted by Gasteiger charge is 2.32. The van der Waals surface area contributed by atoms with E-state index in [0.29, 0.717) is 18.0 Å². The van der Waals surface area contributed by atoms with Gasteiger partial charge in [-0.15, -0.1) is 0 Å². The van der Waals surface area contributed by atoms with Gasteiger partial charge in [0.25, 0.3) is 5.91 Å². The lowest BCUT2D eigenvalue weighted by Crippen LogP contribution is -2.15. The summed E-state index contributed by atoms with van der Waals surface area (Å²) in [6.07, 6.45) is -0.769. The molecule has 116 valence electrons. The van der Waals surface area contributed by atoms with Gasteiger partial charge >= 0.3 is 6.18 Å². The Morgan fingerprint density at radius 1 is 1.27 bits per heavy atom. The van der Waals surface area contributed by atoms with Crippen LogP contribution < -0.4 is 10.1 Å². The van der Waals surface area contributed by atoms with E-state index < -0.39 is 17.8 Å². The van der Waals surface area contributed by atoms with Gasteiger partial charge in [-0.25, -0.2) is 0 Å². The molecule has 2 aromatic heterocycles. The molecule has 0 aromatic carbocycles. The Kier molecular flexibility index (Phi) is 4.59. The SMILES string of the molecule is CCOc1cnccc1NC(=O)c1ccc(C(F)(F)F)nc1. The number of amides is 1. The minimum atomic E-state index is -4.54. The van der Waals surface area contributed by atoms with Crippen molar-refractivity contribution in [2.75, 3.05) is 11.9 Å². The lowest BCUT2D eigenvalue weighted by Gasteiger charge is -2.11. The molecule has 22 heavy (non-hydrogen) atoms. The number of pyridine rings is 2. The molecule has 0 fully saturated rings. The Morgan fingerprint density at radius 3 is 2.64 bits per heavy atom. The summed E-state index contributed by atoms with van der Waals surface area (Å²) in [5.74, 6) is -0.216. The van der Waals surface area contributed by atoms with Crippen LogP contribution in [0.5, 0.6) is 5.75 Å². The van der Waals surface area contributed by atoms with Crippen LogP contribution >= 0.6 is 0 Å². The summed E-state index contributed by atoms with van der Waals surface area (Å²) >= 11 is 0. The number of nitrogens with one attached hydrogen (secondary N) is 1. The zero-order valence-corrected chi connectivity index (χ0v) is 11.5. The van der Waals surface area contributed by atoms with Crippen LogP contribution in [0.3, 0.4) is 0 Å². The van der Waals surface area contributed by atoms with Crippen LogP contribution in [0.15, 0.2) is 36.8 Å². The molecular formula is C14H12F3N3O2. The van der Waals surface area contributed by atoms with Crippen molar-refractivity contribution in [3.05, 3.63) is 48.0 Å². The molecule has 2 aromatic rings. The standard InChI is InChI=1S/C14H12F3N3O2/c1-2-22-11-8-18-6-5-10(11)20-13(21)9-3-4-12(19-7-9)14(15,16)17/h3-8H,2H2,1H3,(H,18,20,21). The Bertz CT molecular complexity index is 657. The number of carbonyl (C=O) groups is 1. The quantitative estimate of drug-likeness (QED) is 0.942. The van der Waals surface area contributed by atoms with Gasteiger partial charge in [-0.05, 0) is 25.1 Å². The Hall–Kier alpha value is -2.64. The van der Waals surface area contributed by atoms with Crippen LogP contribution in [-0.2, 0) is 6.18 Å². The lowest BCUT2D eigenvalue weighted by atomic mass is 10.2. The molecule has 0 bridgehead atoms. The van der Waals surface area contributed by atoms with E-state index in [2.05, 4.69) is 15.3 Å². The molecule has 0 aliphatic heterocycles. The van der Waals surface area contributed by atoms with Crippen LogP contribution in [0.1, 0.15) is 23.0 Å². The van der Waals surface area contributed by atoms with Crippen molar-refractivity contribution < 1.29 is 22.7 Å². The number of hydrogen-bond acceptors (Lipinski definition) is 4. The topological polar surface area (TPSA) is 64.1 Å². The molecule has 0 spiro atoms. The third-order valence-electron chi connectivity index (χ3n) is 2.65. The van der Waals surface area contributed by atoms with E-state index in [0.717, 1.165) is 18.3 Å². The zero-order valence-electron chi connectivity index (χ0n) is 11.5. The maximum Gasteiger partial charge on any atom is 0.433 e. The van der Waals surface area contributed by atoms with Gasteiger partial charge in [0.2, 0.25) is 0 Å². The maximum absolute atomic E-state index is 12.4. The molecule has 0 saturated carbocycles. The number of halogens is 3. The van der Waals surface area contributed by atoms with Crippen LogP contribution in [0.4, 0.5) is 18.9 Å². The predicted octanol–water partition coefficient (Wildman–Crippen LogP) is 3.15. The van der Waals surface area contributed by atoms with Gasteiger partial charge in [0.05, 0.1) is 24.1 Å². The first-order valence-electron chi connectivity index (χ1n) is 6.33. The second kappa shape index (κ2) is 6.42. The average molecular weight is 311 g/mol. The van der Waals surface area contributed by atoms with Crippen molar-refractivity contribution >= 4 is 11.6 Å². The number of carbonyl (C=O) groups excluding carboxylic acids is 1. The van der Waals surface area contributed by atoms with E-state index in [4.69, 9.17) is 4.74 Å². The summed E-state index contributed by atoms with van der Waals surface area (Å²) in [6.45, 7) is 2.16. The molecule has 0 saturated heterocycles. The normalized spacial score (nSPS) is 11.1. The monoisotopic (exact) mass is 311 g/mol. The maximum atomic E-state index is 12.4. The van der Waals surface area contributed by atoms with Gasteiger partial charge in [-0.3, -0.25) is 14.8 Å². The van der Waals surface area contributed by atoms with Crippen molar-refractivity contribution in [2.45, 2.75) is 13.1 Å². The van der Waals surface area contributed by atoms with Gasteiger partial charge in [-0.1, -0.05) is 0 Å². The Balaban J connectivity index is 2.16. The lowest BCUT2D eigenvalue weighted by molar-refractivity contribution is -0.141. The number of hydrogen-bond donors (Lipinski definition) is 1. The third-order valence-corrected chi connectivity index (χ3v) is 2.65. The highest BCUT2D eigenvalue weighted by molar-refractivity contribution is 6.04. The zero-order chi connectivity index (χ0) is 16.2. The number of rotatable bonds is 4. The van der Waals surface area contributed by atoms with Crippen LogP contribution in [0.25, 0.3) is 0 Å². The second-order valence-corrected chi connectivity index (χ2v) is 4.19. The first-order chi connectivity index (χ1) is 10.4. The highest BCUT2D eigenvalue weighted by atomic mass is 19.4. The molecule has 5 nitrogen and oxygen atoms in total. The summed E-state index contributed by atoms with van der Waals surface area (Å²) in [5, 5.41) is 2.54. The summed E-state index contributed by atoms with van der Waals surface area (Å²) in [6, 6.07) is 3.35. The number of anilines is 1. The van der Waals surface area contributed by atoms with Crippen molar-refractivity contribution in [2.24, 2.45) is 0 Å². The second-order valence-electron chi connectivity index (χ2n) is 4.19. The van der Waals surface area contributed by atoms with Crippen LogP contribution in [0, 0.1) is 0 Å². The van der Waals surface area contributed by atoms with Gasteiger partial charge in [0.1, 0.15) is 5.69 Å². The number of aromatic nitrogens is 2. The molecule has 0 atom stereocenters. The fourth-order valence-corrected chi connectivity index (χ4v) is 1.64. The summed E-state index contributed by atoms with van der Waals surface area (Å²) < 4.78 is 42.6. The molecule has 0 aliphatic rings. The van der Waals surface area contributed by atoms with Crippen molar-refractivity contribution in [3.63, 3.8) is 0 Å². The van der Waals surface area contributed by atoms with Gasteiger partial charge in [0.15, 0.2) is 5.75 Å². The first kappa shape index (κ1) is 15.7. The highest BCUT2D eigenvalue weighted by Crippen LogP contribution is 2.27. The fraction of sp³-hybridized carbons (Fsp3) is 0.214. The average Bonchev–Trinajstić information content (AvgIpc) is 2.49. The van der Waals surface area contributed by atoms with Crippen molar-refractivity contribution in [1.29, 1.82) is 0 Å². The number of alkyl halides is 3. The largest absolute Gasteiger partial charge is 0.490 e. The van der Waals surface area contributed by atoms with Crippen LogP contribution in [0.2, 0.25) is 0 Å². The van der Waals surface area contributed by atoms with Crippen molar-refractivity contribution in [3.8, 4) is 5.75 Å². The van der Waals surface area contributed by atoms with Gasteiger partial charge in [-0.2, -0.15) is 13.2 Å². The van der Waals surface area contributed by atoms with E-state index >= 15 is 0 Å². The molecule has 2 rings (SSSR count). The molecule has 0 unspecified atom stereocenters. The van der Waals surface area contributed by atoms with E-state index in [1.54, 1.807) is 6.92 Å². The van der Waals surface area contributed by atoms with Gasteiger partial charge < -0.3 is 10.1 Å². The Morgan fingerprint density at radius 2 is 2.05 bits per heavy atom. The summed E-state index contributed by atoms with van der Waals surface area (Å²) in [7, 11) is 0. The molecule has 1 amide bonds. The van der Waals surface area contributed by atoms with E-state index in [9.17, 15) is 18.0 Å². The minimum Gasteiger partial charge on any atom is -0.490 e. The van der Waals surface area contributed by atoms with E-state index in [1.165, 1.54) is 18.5 Å². The smallest absolute Gasteiger partial charge is 0.433 e. The first-order valence-corrected chi connectivity index (χ1v) is 6.33. The molecular weight excluding hydrogens is 299 g/mol. The van der Waals surface area contributed by atoms with Crippen molar-refractivity contribution in [1.82, 2.24) is 9.97 Å². The minimum absolute atomic E-state index is 0.00672. The molecule has 8 heteroatoms. The fourth-order valence-electron chi connectivity index (χ4n) is 1.64. The summed E-state index contributed by atoms with van der Waals surface area (Å²) in [5.41, 5.74) is -0.669. The molecule has 0 radical (unpaired) electrons. The van der Waals surface area contributed by atoms with E-state index in [-0.39, 0.29) is 5.56 Å². The molecule has 2 heterocycles.